The number of alkyl halides is 1. The lowest BCUT2D eigenvalue weighted by atomic mass is 10.3. The molecular weight excluding hydrogens is 246 g/mol. The van der Waals surface area contributed by atoms with Crippen molar-refractivity contribution in [2.75, 3.05) is 12.9 Å². The minimum absolute atomic E-state index is 0.285. The zero-order valence-corrected chi connectivity index (χ0v) is 9.26. The molecule has 0 saturated carbocycles. The zero-order chi connectivity index (χ0) is 8.27. The van der Waals surface area contributed by atoms with Crippen molar-refractivity contribution in [2.24, 2.45) is 0 Å². The fraction of sp³-hybridized carbons (Fsp3) is 0.429. The third-order valence-electron chi connectivity index (χ3n) is 1.44. The maximum Gasteiger partial charge on any atom is 0.0701 e. The molecule has 1 unspecified atom stereocenters. The summed E-state index contributed by atoms with van der Waals surface area (Å²) in [5.74, 6) is 0.615. The van der Waals surface area contributed by atoms with E-state index in [1.54, 1.807) is 11.3 Å². The molecule has 1 nitrogen and oxygen atoms in total. The quantitative estimate of drug-likeness (QED) is 0.818. The maximum absolute atomic E-state index is 5.74. The predicted octanol–water partition coefficient (Wildman–Crippen LogP) is 3.01. The molecule has 1 heterocycles. The monoisotopic (exact) mass is 253 g/mol. The van der Waals surface area contributed by atoms with Crippen LogP contribution in [0.3, 0.4) is 0 Å². The van der Waals surface area contributed by atoms with E-state index in [0.717, 1.165) is 3.79 Å². The first-order valence-corrected chi connectivity index (χ1v) is 5.40. The highest BCUT2D eigenvalue weighted by Gasteiger charge is 2.08. The van der Waals surface area contributed by atoms with E-state index in [4.69, 9.17) is 11.6 Å². The first-order chi connectivity index (χ1) is 5.27. The SMILES string of the molecule is CNC(CCl)c1ccc(Br)s1. The van der Waals surface area contributed by atoms with Crippen LogP contribution in [0.25, 0.3) is 0 Å². The Hall–Kier alpha value is 0.430. The molecule has 0 aliphatic heterocycles. The van der Waals surface area contributed by atoms with Crippen LogP contribution >= 0.6 is 38.9 Å². The van der Waals surface area contributed by atoms with Gasteiger partial charge in [0.2, 0.25) is 0 Å². The summed E-state index contributed by atoms with van der Waals surface area (Å²) in [6.45, 7) is 0. The van der Waals surface area contributed by atoms with Gasteiger partial charge in [0.15, 0.2) is 0 Å². The molecule has 0 fully saturated rings. The second-order valence-electron chi connectivity index (χ2n) is 2.14. The lowest BCUT2D eigenvalue weighted by Crippen LogP contribution is -2.16. The van der Waals surface area contributed by atoms with Crippen LogP contribution in [0.15, 0.2) is 15.9 Å². The van der Waals surface area contributed by atoms with E-state index >= 15 is 0 Å². The Morgan fingerprint density at radius 1 is 1.73 bits per heavy atom. The van der Waals surface area contributed by atoms with E-state index < -0.39 is 0 Å². The van der Waals surface area contributed by atoms with Crippen LogP contribution in [-0.2, 0) is 0 Å². The van der Waals surface area contributed by atoms with Crippen molar-refractivity contribution in [3.63, 3.8) is 0 Å². The Bertz CT molecular complexity index is 222. The molecule has 0 radical (unpaired) electrons. The highest BCUT2D eigenvalue weighted by Crippen LogP contribution is 2.27. The Labute approximate surface area is 83.9 Å². The first-order valence-electron chi connectivity index (χ1n) is 3.26. The average molecular weight is 255 g/mol. The molecule has 0 saturated heterocycles. The van der Waals surface area contributed by atoms with Crippen molar-refractivity contribution in [3.8, 4) is 0 Å². The predicted molar refractivity (Wildman–Crippen MR) is 54.5 cm³/mol. The first kappa shape index (κ1) is 9.52. The van der Waals surface area contributed by atoms with Gasteiger partial charge in [0.1, 0.15) is 0 Å². The summed E-state index contributed by atoms with van der Waals surface area (Å²) in [5, 5.41) is 3.14. The summed E-state index contributed by atoms with van der Waals surface area (Å²) < 4.78 is 1.15. The van der Waals surface area contributed by atoms with Crippen LogP contribution in [-0.4, -0.2) is 12.9 Å². The third-order valence-corrected chi connectivity index (χ3v) is 3.49. The third kappa shape index (κ3) is 2.44. The van der Waals surface area contributed by atoms with Crippen LogP contribution in [0.1, 0.15) is 10.9 Å². The maximum atomic E-state index is 5.74. The smallest absolute Gasteiger partial charge is 0.0701 e. The van der Waals surface area contributed by atoms with E-state index in [1.807, 2.05) is 13.1 Å². The molecule has 1 N–H and O–H groups in total. The molecule has 1 aromatic heterocycles. The van der Waals surface area contributed by atoms with Gasteiger partial charge >= 0.3 is 0 Å². The van der Waals surface area contributed by atoms with Crippen molar-refractivity contribution in [2.45, 2.75) is 6.04 Å². The molecule has 0 spiro atoms. The topological polar surface area (TPSA) is 12.0 Å². The molecular formula is C7H9BrClNS. The Balaban J connectivity index is 2.73. The average Bonchev–Trinajstić information content (AvgIpc) is 2.39. The van der Waals surface area contributed by atoms with Gasteiger partial charge in [-0.25, -0.2) is 0 Å². The van der Waals surface area contributed by atoms with Gasteiger partial charge in [0, 0.05) is 10.8 Å². The molecule has 0 aliphatic carbocycles. The highest BCUT2D eigenvalue weighted by atomic mass is 79.9. The zero-order valence-electron chi connectivity index (χ0n) is 6.10. The fourth-order valence-corrected chi connectivity index (χ4v) is 2.76. The van der Waals surface area contributed by atoms with Gasteiger partial charge in [0.25, 0.3) is 0 Å². The lowest BCUT2D eigenvalue weighted by Gasteiger charge is -2.08. The number of hydrogen-bond acceptors (Lipinski definition) is 2. The van der Waals surface area contributed by atoms with E-state index in [0.29, 0.717) is 5.88 Å². The lowest BCUT2D eigenvalue weighted by molar-refractivity contribution is 0.670. The van der Waals surface area contributed by atoms with Crippen LogP contribution < -0.4 is 5.32 Å². The van der Waals surface area contributed by atoms with Gasteiger partial charge in [-0.15, -0.1) is 22.9 Å². The number of rotatable bonds is 3. The summed E-state index contributed by atoms with van der Waals surface area (Å²) in [6.07, 6.45) is 0. The molecule has 1 atom stereocenters. The van der Waals surface area contributed by atoms with E-state index in [2.05, 4.69) is 27.3 Å². The molecule has 0 aromatic carbocycles. The summed E-state index contributed by atoms with van der Waals surface area (Å²) in [5.41, 5.74) is 0. The molecule has 1 rings (SSSR count). The molecule has 4 heteroatoms. The van der Waals surface area contributed by atoms with Gasteiger partial charge in [-0.3, -0.25) is 0 Å². The largest absolute Gasteiger partial charge is 0.311 e. The van der Waals surface area contributed by atoms with Crippen LogP contribution in [0.4, 0.5) is 0 Å². The molecule has 0 aliphatic rings. The summed E-state index contributed by atoms with van der Waals surface area (Å²) in [7, 11) is 1.92. The molecule has 62 valence electrons. The van der Waals surface area contributed by atoms with E-state index in [1.165, 1.54) is 4.88 Å². The standard InChI is InChI=1S/C7H9BrClNS/c1-10-5(4-9)6-2-3-7(8)11-6/h2-3,5,10H,4H2,1H3. The van der Waals surface area contributed by atoms with Gasteiger partial charge < -0.3 is 5.32 Å². The van der Waals surface area contributed by atoms with Crippen molar-refractivity contribution >= 4 is 38.9 Å². The number of halogens is 2. The molecule has 0 amide bonds. The van der Waals surface area contributed by atoms with Gasteiger partial charge in [-0.05, 0) is 35.1 Å². The minimum atomic E-state index is 0.285. The Kier molecular flexibility index (Phi) is 3.85. The van der Waals surface area contributed by atoms with Gasteiger partial charge in [-0.2, -0.15) is 0 Å². The molecule has 11 heavy (non-hydrogen) atoms. The van der Waals surface area contributed by atoms with Gasteiger partial charge in [0.05, 0.1) is 9.83 Å². The Morgan fingerprint density at radius 2 is 2.45 bits per heavy atom. The number of nitrogens with one attached hydrogen (secondary N) is 1. The summed E-state index contributed by atoms with van der Waals surface area (Å²) >= 11 is 10.9. The second kappa shape index (κ2) is 4.45. The van der Waals surface area contributed by atoms with Gasteiger partial charge in [-0.1, -0.05) is 0 Å². The second-order valence-corrected chi connectivity index (χ2v) is 4.94. The van der Waals surface area contributed by atoms with Crippen LogP contribution in [0.2, 0.25) is 0 Å². The van der Waals surface area contributed by atoms with Crippen molar-refractivity contribution in [1.29, 1.82) is 0 Å². The molecule has 1 aromatic rings. The normalized spacial score (nSPS) is 13.4. The van der Waals surface area contributed by atoms with Crippen molar-refractivity contribution in [1.82, 2.24) is 5.32 Å². The van der Waals surface area contributed by atoms with E-state index in [9.17, 15) is 0 Å². The summed E-state index contributed by atoms with van der Waals surface area (Å²) in [4.78, 5) is 1.27. The number of thiophene rings is 1. The van der Waals surface area contributed by atoms with Crippen molar-refractivity contribution < 1.29 is 0 Å². The Morgan fingerprint density at radius 3 is 2.82 bits per heavy atom. The van der Waals surface area contributed by atoms with E-state index in [-0.39, 0.29) is 6.04 Å². The highest BCUT2D eigenvalue weighted by molar-refractivity contribution is 9.11. The minimum Gasteiger partial charge on any atom is -0.311 e. The summed E-state index contributed by atoms with van der Waals surface area (Å²) in [6, 6.07) is 4.41. The van der Waals surface area contributed by atoms with Crippen LogP contribution in [0, 0.1) is 0 Å². The van der Waals surface area contributed by atoms with Crippen molar-refractivity contribution in [3.05, 3.63) is 20.8 Å². The molecule has 0 bridgehead atoms. The van der Waals surface area contributed by atoms with Crippen LogP contribution in [0.5, 0.6) is 0 Å². The fourth-order valence-electron chi connectivity index (χ4n) is 0.811. The number of hydrogen-bond donors (Lipinski definition) is 1.